The van der Waals surface area contributed by atoms with Gasteiger partial charge in [0.05, 0.1) is 0 Å². The van der Waals surface area contributed by atoms with Crippen LogP contribution in [0.2, 0.25) is 0 Å². The summed E-state index contributed by atoms with van der Waals surface area (Å²) in [5, 5.41) is 0. The first-order chi connectivity index (χ1) is 8.20. The monoisotopic (exact) mass is 227 g/mol. The van der Waals surface area contributed by atoms with Crippen molar-refractivity contribution in [2.45, 2.75) is 33.1 Å². The van der Waals surface area contributed by atoms with Crippen molar-refractivity contribution < 1.29 is 0 Å². The molecular weight excluding hydrogens is 206 g/mol. The number of aliphatic imine (C=N–C) groups is 1. The highest BCUT2D eigenvalue weighted by Crippen LogP contribution is 2.27. The number of nitrogens with zero attached hydrogens (tertiary/aromatic N) is 1. The largest absolute Gasteiger partial charge is 0.269 e. The number of benzene rings is 1. The second-order valence-electron chi connectivity index (χ2n) is 4.23. The minimum Gasteiger partial charge on any atom is -0.269 e. The molecule has 0 aliphatic rings. The molecule has 0 N–H and O–H groups in total. The van der Waals surface area contributed by atoms with Crippen LogP contribution in [-0.4, -0.2) is 6.21 Å². The Labute approximate surface area is 105 Å². The summed E-state index contributed by atoms with van der Waals surface area (Å²) in [4.78, 5) is 4.19. The molecule has 0 amide bonds. The normalized spacial score (nSPS) is 13.9. The highest BCUT2D eigenvalue weighted by Gasteiger charge is 2.09. The van der Waals surface area contributed by atoms with Gasteiger partial charge in [0.15, 0.2) is 0 Å². The standard InChI is InChI=1S/C16H21N/c1-5-9-13(3)15-10-7-8-11-16(15)14(4)12-17-6-2/h5-8,10-13H,1,9H2,2-4H3/b14-12+,17-6-. The molecule has 1 unspecified atom stereocenters. The van der Waals surface area contributed by atoms with Gasteiger partial charge >= 0.3 is 0 Å². The van der Waals surface area contributed by atoms with E-state index in [4.69, 9.17) is 0 Å². The molecule has 0 fully saturated rings. The van der Waals surface area contributed by atoms with Gasteiger partial charge in [-0.25, -0.2) is 0 Å². The van der Waals surface area contributed by atoms with Gasteiger partial charge in [0.1, 0.15) is 0 Å². The fourth-order valence-corrected chi connectivity index (χ4v) is 1.92. The first kappa shape index (κ1) is 13.4. The maximum absolute atomic E-state index is 4.19. The molecule has 0 bridgehead atoms. The zero-order chi connectivity index (χ0) is 12.7. The van der Waals surface area contributed by atoms with Crippen LogP contribution in [0.25, 0.3) is 5.57 Å². The predicted octanol–water partition coefficient (Wildman–Crippen LogP) is 4.82. The maximum atomic E-state index is 4.19. The van der Waals surface area contributed by atoms with Crippen molar-refractivity contribution in [1.29, 1.82) is 0 Å². The molecule has 0 saturated heterocycles. The molecule has 0 aliphatic heterocycles. The lowest BCUT2D eigenvalue weighted by molar-refractivity contribution is 0.779. The zero-order valence-corrected chi connectivity index (χ0v) is 11.0. The van der Waals surface area contributed by atoms with Crippen molar-refractivity contribution in [2.75, 3.05) is 0 Å². The molecule has 0 saturated carbocycles. The van der Waals surface area contributed by atoms with Crippen LogP contribution in [0.15, 0.2) is 48.1 Å². The molecule has 0 radical (unpaired) electrons. The van der Waals surface area contributed by atoms with E-state index in [1.165, 1.54) is 16.7 Å². The van der Waals surface area contributed by atoms with Gasteiger partial charge in [-0.15, -0.1) is 6.58 Å². The fourth-order valence-electron chi connectivity index (χ4n) is 1.92. The van der Waals surface area contributed by atoms with Crippen LogP contribution < -0.4 is 0 Å². The summed E-state index contributed by atoms with van der Waals surface area (Å²) in [6, 6.07) is 8.52. The molecule has 1 aromatic rings. The summed E-state index contributed by atoms with van der Waals surface area (Å²) in [7, 11) is 0. The Bertz CT molecular complexity index is 427. The lowest BCUT2D eigenvalue weighted by atomic mass is 9.90. The molecule has 0 aromatic heterocycles. The van der Waals surface area contributed by atoms with Gasteiger partial charge in [-0.1, -0.05) is 37.3 Å². The minimum atomic E-state index is 0.498. The summed E-state index contributed by atoms with van der Waals surface area (Å²) in [6.07, 6.45) is 6.70. The van der Waals surface area contributed by atoms with Crippen molar-refractivity contribution in [3.05, 3.63) is 54.2 Å². The summed E-state index contributed by atoms with van der Waals surface area (Å²) < 4.78 is 0. The molecule has 90 valence electrons. The van der Waals surface area contributed by atoms with Crippen LogP contribution in [0.4, 0.5) is 0 Å². The molecular formula is C16H21N. The fraction of sp³-hybridized carbons (Fsp3) is 0.312. The maximum Gasteiger partial charge on any atom is 0.0299 e. The Morgan fingerprint density at radius 3 is 2.76 bits per heavy atom. The van der Waals surface area contributed by atoms with E-state index in [-0.39, 0.29) is 0 Å². The van der Waals surface area contributed by atoms with Crippen molar-refractivity contribution in [2.24, 2.45) is 4.99 Å². The van der Waals surface area contributed by atoms with Gasteiger partial charge in [0.25, 0.3) is 0 Å². The van der Waals surface area contributed by atoms with Crippen LogP contribution in [0.3, 0.4) is 0 Å². The van der Waals surface area contributed by atoms with Crippen molar-refractivity contribution >= 4 is 11.8 Å². The SMILES string of the molecule is C=CCC(C)c1ccccc1/C(C)=C/N=C\C. The van der Waals surface area contributed by atoms with Gasteiger partial charge < -0.3 is 0 Å². The van der Waals surface area contributed by atoms with Gasteiger partial charge in [0.2, 0.25) is 0 Å². The van der Waals surface area contributed by atoms with Crippen LogP contribution in [-0.2, 0) is 0 Å². The van der Waals surface area contributed by atoms with E-state index in [1.807, 2.05) is 19.2 Å². The number of rotatable bonds is 5. The second kappa shape index (κ2) is 6.85. The van der Waals surface area contributed by atoms with Crippen molar-refractivity contribution in [3.63, 3.8) is 0 Å². The molecule has 0 heterocycles. The number of allylic oxidation sites excluding steroid dienone is 2. The molecule has 1 rings (SSSR count). The van der Waals surface area contributed by atoms with E-state index in [9.17, 15) is 0 Å². The van der Waals surface area contributed by atoms with Gasteiger partial charge in [-0.05, 0) is 42.9 Å². The molecule has 0 spiro atoms. The smallest absolute Gasteiger partial charge is 0.0299 e. The lowest BCUT2D eigenvalue weighted by Gasteiger charge is -2.15. The van der Waals surface area contributed by atoms with Crippen LogP contribution in [0, 0.1) is 0 Å². The third-order valence-electron chi connectivity index (χ3n) is 2.85. The Morgan fingerprint density at radius 2 is 2.12 bits per heavy atom. The van der Waals surface area contributed by atoms with E-state index in [2.05, 4.69) is 49.7 Å². The average molecular weight is 227 g/mol. The first-order valence-electron chi connectivity index (χ1n) is 6.05. The Balaban J connectivity index is 3.11. The molecule has 1 nitrogen and oxygen atoms in total. The molecule has 1 heteroatoms. The Hall–Kier alpha value is -1.63. The molecule has 17 heavy (non-hydrogen) atoms. The summed E-state index contributed by atoms with van der Waals surface area (Å²) in [5.74, 6) is 0.498. The van der Waals surface area contributed by atoms with Crippen LogP contribution in [0.5, 0.6) is 0 Å². The van der Waals surface area contributed by atoms with Crippen molar-refractivity contribution in [3.8, 4) is 0 Å². The second-order valence-corrected chi connectivity index (χ2v) is 4.23. The van der Waals surface area contributed by atoms with Crippen molar-refractivity contribution in [1.82, 2.24) is 0 Å². The summed E-state index contributed by atoms with van der Waals surface area (Å²) in [6.45, 7) is 10.1. The molecule has 0 aliphatic carbocycles. The highest BCUT2D eigenvalue weighted by atomic mass is 14.7. The highest BCUT2D eigenvalue weighted by molar-refractivity contribution is 5.68. The topological polar surface area (TPSA) is 12.4 Å². The number of hydrogen-bond donors (Lipinski definition) is 0. The van der Waals surface area contributed by atoms with Gasteiger partial charge in [0, 0.05) is 12.4 Å². The Morgan fingerprint density at radius 1 is 1.41 bits per heavy atom. The predicted molar refractivity (Wildman–Crippen MR) is 77.5 cm³/mol. The third-order valence-corrected chi connectivity index (χ3v) is 2.85. The average Bonchev–Trinajstić information content (AvgIpc) is 2.36. The van der Waals surface area contributed by atoms with E-state index < -0.39 is 0 Å². The summed E-state index contributed by atoms with van der Waals surface area (Å²) in [5.41, 5.74) is 3.86. The first-order valence-corrected chi connectivity index (χ1v) is 6.05. The van der Waals surface area contributed by atoms with Gasteiger partial charge in [-0.3, -0.25) is 4.99 Å². The van der Waals surface area contributed by atoms with E-state index in [0.29, 0.717) is 5.92 Å². The van der Waals surface area contributed by atoms with Gasteiger partial charge in [-0.2, -0.15) is 0 Å². The Kier molecular flexibility index (Phi) is 5.41. The third kappa shape index (κ3) is 3.70. The minimum absolute atomic E-state index is 0.498. The van der Waals surface area contributed by atoms with Crippen LogP contribution in [0.1, 0.15) is 44.2 Å². The van der Waals surface area contributed by atoms with Crippen LogP contribution >= 0.6 is 0 Å². The quantitative estimate of drug-likeness (QED) is 0.505. The molecule has 1 aromatic carbocycles. The van der Waals surface area contributed by atoms with E-state index >= 15 is 0 Å². The number of hydrogen-bond acceptors (Lipinski definition) is 1. The lowest BCUT2D eigenvalue weighted by Crippen LogP contribution is -1.97. The zero-order valence-electron chi connectivity index (χ0n) is 11.0. The van der Waals surface area contributed by atoms with E-state index in [0.717, 1.165) is 6.42 Å². The summed E-state index contributed by atoms with van der Waals surface area (Å²) >= 11 is 0. The molecule has 1 atom stereocenters. The van der Waals surface area contributed by atoms with E-state index in [1.54, 1.807) is 6.21 Å².